The van der Waals surface area contributed by atoms with Gasteiger partial charge in [0, 0.05) is 24.7 Å². The summed E-state index contributed by atoms with van der Waals surface area (Å²) in [6.45, 7) is 2.17. The molecular weight excluding hydrogens is 431 g/mol. The van der Waals surface area contributed by atoms with Crippen molar-refractivity contribution in [3.05, 3.63) is 54.1 Å². The number of nitrogens with one attached hydrogen (secondary N) is 1. The summed E-state index contributed by atoms with van der Waals surface area (Å²) in [6, 6.07) is 11.4. The predicted octanol–water partition coefficient (Wildman–Crippen LogP) is 4.69. The third-order valence-electron chi connectivity index (χ3n) is 4.46. The summed E-state index contributed by atoms with van der Waals surface area (Å²) >= 11 is 1.15. The molecule has 1 heterocycles. The van der Waals surface area contributed by atoms with Crippen LogP contribution < -0.4 is 10.1 Å². The number of carbonyl (C=O) groups excluding carboxylic acids is 2. The summed E-state index contributed by atoms with van der Waals surface area (Å²) in [6.07, 6.45) is -4.70. The number of nitrogens with zero attached hydrogens (tertiary/aromatic N) is 2. The number of ether oxygens (including phenoxy) is 1. The molecule has 0 aromatic heterocycles. The lowest BCUT2D eigenvalue weighted by Crippen LogP contribution is -2.33. The molecule has 1 atom stereocenters. The Labute approximate surface area is 181 Å². The Morgan fingerprint density at radius 3 is 2.65 bits per heavy atom. The van der Waals surface area contributed by atoms with Crippen molar-refractivity contribution in [2.75, 3.05) is 19.0 Å². The average Bonchev–Trinajstić information content (AvgIpc) is 3.01. The first kappa shape index (κ1) is 22.7. The van der Waals surface area contributed by atoms with Crippen LogP contribution in [0, 0.1) is 0 Å². The highest BCUT2D eigenvalue weighted by Gasteiger charge is 2.38. The first-order chi connectivity index (χ1) is 14.7. The second-order valence-electron chi connectivity index (χ2n) is 6.62. The van der Waals surface area contributed by atoms with Gasteiger partial charge in [-0.1, -0.05) is 23.9 Å². The molecule has 31 heavy (non-hydrogen) atoms. The molecule has 2 aromatic carbocycles. The fourth-order valence-electron chi connectivity index (χ4n) is 2.96. The van der Waals surface area contributed by atoms with Gasteiger partial charge in [-0.05, 0) is 37.3 Å². The zero-order valence-corrected chi connectivity index (χ0v) is 17.6. The lowest BCUT2D eigenvalue weighted by atomic mass is 10.2. The van der Waals surface area contributed by atoms with E-state index in [-0.39, 0.29) is 18.0 Å². The van der Waals surface area contributed by atoms with Gasteiger partial charge in [0.2, 0.25) is 11.8 Å². The molecule has 0 saturated carbocycles. The molecule has 0 radical (unpaired) electrons. The molecule has 2 aromatic rings. The summed E-state index contributed by atoms with van der Waals surface area (Å²) in [7, 11) is 1.54. The van der Waals surface area contributed by atoms with Crippen LogP contribution in [0.1, 0.15) is 18.9 Å². The molecule has 1 saturated heterocycles. The van der Waals surface area contributed by atoms with Crippen molar-refractivity contribution in [2.24, 2.45) is 4.99 Å². The molecule has 6 nitrogen and oxygen atoms in total. The minimum atomic E-state index is -4.51. The third kappa shape index (κ3) is 5.57. The normalized spacial score (nSPS) is 17.8. The smallest absolute Gasteiger partial charge is 0.416 e. The predicted molar refractivity (Wildman–Crippen MR) is 114 cm³/mol. The van der Waals surface area contributed by atoms with Gasteiger partial charge in [-0.2, -0.15) is 13.2 Å². The van der Waals surface area contributed by atoms with E-state index in [0.29, 0.717) is 23.1 Å². The van der Waals surface area contributed by atoms with Crippen molar-refractivity contribution >= 4 is 40.1 Å². The number of hydrogen-bond acceptors (Lipinski definition) is 5. The number of amides is 2. The van der Waals surface area contributed by atoms with Crippen LogP contribution in [0.2, 0.25) is 0 Å². The number of hydrogen-bond donors (Lipinski definition) is 1. The molecule has 10 heteroatoms. The van der Waals surface area contributed by atoms with Crippen LogP contribution in [0.3, 0.4) is 0 Å². The van der Waals surface area contributed by atoms with Crippen LogP contribution >= 0.6 is 11.8 Å². The summed E-state index contributed by atoms with van der Waals surface area (Å²) in [5, 5.41) is 2.18. The van der Waals surface area contributed by atoms with Gasteiger partial charge in [0.1, 0.15) is 11.0 Å². The van der Waals surface area contributed by atoms with Crippen molar-refractivity contribution < 1.29 is 27.5 Å². The van der Waals surface area contributed by atoms with E-state index in [9.17, 15) is 22.8 Å². The average molecular weight is 451 g/mol. The molecule has 0 aliphatic carbocycles. The van der Waals surface area contributed by atoms with E-state index in [0.717, 1.165) is 23.9 Å². The topological polar surface area (TPSA) is 71.0 Å². The lowest BCUT2D eigenvalue weighted by molar-refractivity contribution is -0.137. The Morgan fingerprint density at radius 2 is 1.97 bits per heavy atom. The van der Waals surface area contributed by atoms with Gasteiger partial charge < -0.3 is 10.1 Å². The Bertz CT molecular complexity index is 1010. The van der Waals surface area contributed by atoms with E-state index in [1.807, 2.05) is 0 Å². The minimum Gasteiger partial charge on any atom is -0.497 e. The number of amidine groups is 1. The molecule has 0 bridgehead atoms. The molecule has 0 spiro atoms. The highest BCUT2D eigenvalue weighted by molar-refractivity contribution is 8.15. The maximum absolute atomic E-state index is 12.8. The SMILES string of the molecule is CCN1C(=O)[C@H](CC(=O)Nc2cccc(C(F)(F)F)c2)SC1=Nc1cccc(OC)c1. The Balaban J connectivity index is 1.71. The molecule has 1 aliphatic heterocycles. The molecule has 1 aliphatic rings. The number of thioether (sulfide) groups is 1. The zero-order chi connectivity index (χ0) is 22.6. The molecule has 1 N–H and O–H groups in total. The van der Waals surface area contributed by atoms with Gasteiger partial charge >= 0.3 is 6.18 Å². The van der Waals surface area contributed by atoms with Gasteiger partial charge in [0.15, 0.2) is 5.17 Å². The van der Waals surface area contributed by atoms with Gasteiger partial charge in [-0.3, -0.25) is 14.5 Å². The highest BCUT2D eigenvalue weighted by Crippen LogP contribution is 2.33. The molecule has 1 fully saturated rings. The number of alkyl halides is 3. The molecule has 2 amide bonds. The number of anilines is 1. The van der Waals surface area contributed by atoms with Crippen LogP contribution in [0.4, 0.5) is 24.5 Å². The Hall–Kier alpha value is -3.01. The number of benzene rings is 2. The third-order valence-corrected chi connectivity index (χ3v) is 5.63. The fraction of sp³-hybridized carbons (Fsp3) is 0.286. The number of rotatable bonds is 6. The van der Waals surface area contributed by atoms with Crippen molar-refractivity contribution in [3.8, 4) is 5.75 Å². The van der Waals surface area contributed by atoms with E-state index in [1.165, 1.54) is 24.1 Å². The van der Waals surface area contributed by atoms with E-state index in [1.54, 1.807) is 31.2 Å². The van der Waals surface area contributed by atoms with Crippen molar-refractivity contribution in [1.82, 2.24) is 4.90 Å². The summed E-state index contributed by atoms with van der Waals surface area (Å²) < 4.78 is 43.7. The van der Waals surface area contributed by atoms with Crippen molar-refractivity contribution in [2.45, 2.75) is 24.8 Å². The van der Waals surface area contributed by atoms with E-state index < -0.39 is 22.9 Å². The van der Waals surface area contributed by atoms with Gasteiger partial charge in [-0.25, -0.2) is 4.99 Å². The number of aliphatic imine (C=N–C) groups is 1. The molecular formula is C21H20F3N3O3S. The van der Waals surface area contributed by atoms with Crippen LogP contribution in [0.5, 0.6) is 5.75 Å². The highest BCUT2D eigenvalue weighted by atomic mass is 32.2. The van der Waals surface area contributed by atoms with E-state index >= 15 is 0 Å². The largest absolute Gasteiger partial charge is 0.497 e. The summed E-state index contributed by atoms with van der Waals surface area (Å²) in [5.41, 5.74) is -0.239. The van der Waals surface area contributed by atoms with Crippen LogP contribution in [-0.2, 0) is 15.8 Å². The first-order valence-corrected chi connectivity index (χ1v) is 10.3. The van der Waals surface area contributed by atoms with E-state index in [4.69, 9.17) is 4.74 Å². The number of carbonyl (C=O) groups is 2. The fourth-order valence-corrected chi connectivity index (χ4v) is 4.18. The molecule has 3 rings (SSSR count). The maximum Gasteiger partial charge on any atom is 0.416 e. The second-order valence-corrected chi connectivity index (χ2v) is 7.79. The van der Waals surface area contributed by atoms with Crippen molar-refractivity contribution in [3.63, 3.8) is 0 Å². The first-order valence-electron chi connectivity index (χ1n) is 9.39. The lowest BCUT2D eigenvalue weighted by Gasteiger charge is -2.13. The van der Waals surface area contributed by atoms with E-state index in [2.05, 4.69) is 10.3 Å². The summed E-state index contributed by atoms with van der Waals surface area (Å²) in [4.78, 5) is 31.1. The van der Waals surface area contributed by atoms with Gasteiger partial charge in [0.25, 0.3) is 0 Å². The van der Waals surface area contributed by atoms with Crippen LogP contribution in [0.15, 0.2) is 53.5 Å². The van der Waals surface area contributed by atoms with Gasteiger partial charge in [0.05, 0.1) is 18.4 Å². The molecule has 0 unspecified atom stereocenters. The zero-order valence-electron chi connectivity index (χ0n) is 16.8. The van der Waals surface area contributed by atoms with Crippen LogP contribution in [-0.4, -0.2) is 40.8 Å². The Kier molecular flexibility index (Phi) is 6.89. The minimum absolute atomic E-state index is 0.0212. The quantitative estimate of drug-likeness (QED) is 0.692. The standard InChI is InChI=1S/C21H20F3N3O3S/c1-3-27-19(29)17(31-20(27)26-15-8-5-9-16(11-15)30-2)12-18(28)25-14-7-4-6-13(10-14)21(22,23)24/h4-11,17H,3,12H2,1-2H3,(H,25,28)/t17-/m0/s1. The number of halogens is 3. The summed E-state index contributed by atoms with van der Waals surface area (Å²) in [5.74, 6) is -0.201. The molecule has 164 valence electrons. The second kappa shape index (κ2) is 9.42. The Morgan fingerprint density at radius 1 is 1.23 bits per heavy atom. The number of methoxy groups -OCH3 is 1. The maximum atomic E-state index is 12.8. The van der Waals surface area contributed by atoms with Gasteiger partial charge in [-0.15, -0.1) is 0 Å². The monoisotopic (exact) mass is 451 g/mol. The van der Waals surface area contributed by atoms with Crippen molar-refractivity contribution in [1.29, 1.82) is 0 Å². The van der Waals surface area contributed by atoms with Crippen LogP contribution in [0.25, 0.3) is 0 Å².